The van der Waals surface area contributed by atoms with Crippen LogP contribution in [0.5, 0.6) is 0 Å². The minimum Gasteiger partial charge on any atom is -0.0588 e. The summed E-state index contributed by atoms with van der Waals surface area (Å²) in [4.78, 5) is 0. The molecule has 0 atom stereocenters. The van der Waals surface area contributed by atoms with Crippen molar-refractivity contribution in [2.75, 3.05) is 0 Å². The highest BCUT2D eigenvalue weighted by molar-refractivity contribution is 5.40. The minimum atomic E-state index is 0.856. The minimum absolute atomic E-state index is 0.856. The number of rotatable bonds is 1. The van der Waals surface area contributed by atoms with E-state index in [1.807, 2.05) is 0 Å². The standard InChI is InChI=1S/C14H20/c1-10-8-9-14(12(3)11(10)2)13-6-4-5-7-13/h8-9,13H,4-7H2,1-3H3. The SMILES string of the molecule is Cc1ccc(C2CCCC2)c(C)c1C. The normalized spacial score (nSPS) is 17.6. The number of hydrogen-bond donors (Lipinski definition) is 0. The highest BCUT2D eigenvalue weighted by Crippen LogP contribution is 2.36. The van der Waals surface area contributed by atoms with E-state index in [0.717, 1.165) is 5.92 Å². The molecule has 0 spiro atoms. The van der Waals surface area contributed by atoms with E-state index in [4.69, 9.17) is 0 Å². The lowest BCUT2D eigenvalue weighted by atomic mass is 9.89. The molecular formula is C14H20. The van der Waals surface area contributed by atoms with Crippen molar-refractivity contribution >= 4 is 0 Å². The first-order chi connectivity index (χ1) is 6.70. The zero-order valence-corrected chi connectivity index (χ0v) is 9.56. The molecule has 1 aromatic rings. The Balaban J connectivity index is 2.38. The highest BCUT2D eigenvalue weighted by atomic mass is 14.2. The molecule has 0 N–H and O–H groups in total. The first-order valence-corrected chi connectivity index (χ1v) is 5.77. The summed E-state index contributed by atoms with van der Waals surface area (Å²) in [5.74, 6) is 0.856. The third-order valence-electron chi connectivity index (χ3n) is 3.89. The van der Waals surface area contributed by atoms with Crippen LogP contribution in [0.15, 0.2) is 12.1 Å². The molecule has 14 heavy (non-hydrogen) atoms. The predicted octanol–water partition coefficient (Wildman–Crippen LogP) is 4.27. The average molecular weight is 188 g/mol. The van der Waals surface area contributed by atoms with Crippen LogP contribution in [0.25, 0.3) is 0 Å². The summed E-state index contributed by atoms with van der Waals surface area (Å²) in [7, 11) is 0. The Labute approximate surface area is 87.3 Å². The molecule has 0 bridgehead atoms. The van der Waals surface area contributed by atoms with Crippen molar-refractivity contribution in [3.63, 3.8) is 0 Å². The molecule has 0 aromatic heterocycles. The van der Waals surface area contributed by atoms with Gasteiger partial charge in [-0.05, 0) is 61.8 Å². The molecule has 0 unspecified atom stereocenters. The Morgan fingerprint density at radius 3 is 2.21 bits per heavy atom. The van der Waals surface area contributed by atoms with Gasteiger partial charge in [-0.3, -0.25) is 0 Å². The van der Waals surface area contributed by atoms with Gasteiger partial charge in [0.05, 0.1) is 0 Å². The predicted molar refractivity (Wildman–Crippen MR) is 61.9 cm³/mol. The average Bonchev–Trinajstić information content (AvgIpc) is 2.67. The van der Waals surface area contributed by atoms with Crippen LogP contribution >= 0.6 is 0 Å². The summed E-state index contributed by atoms with van der Waals surface area (Å²) in [6.45, 7) is 6.75. The zero-order valence-electron chi connectivity index (χ0n) is 9.56. The Morgan fingerprint density at radius 2 is 1.57 bits per heavy atom. The second-order valence-electron chi connectivity index (χ2n) is 4.70. The Kier molecular flexibility index (Phi) is 2.62. The first-order valence-electron chi connectivity index (χ1n) is 5.77. The van der Waals surface area contributed by atoms with Gasteiger partial charge >= 0.3 is 0 Å². The van der Waals surface area contributed by atoms with Crippen LogP contribution in [0.2, 0.25) is 0 Å². The summed E-state index contributed by atoms with van der Waals surface area (Å²) in [6.07, 6.45) is 5.67. The van der Waals surface area contributed by atoms with Crippen molar-refractivity contribution in [3.8, 4) is 0 Å². The third kappa shape index (κ3) is 1.58. The lowest BCUT2D eigenvalue weighted by molar-refractivity contribution is 0.716. The summed E-state index contributed by atoms with van der Waals surface area (Å²) in [5.41, 5.74) is 6.08. The molecule has 1 fully saturated rings. The molecular weight excluding hydrogens is 168 g/mol. The van der Waals surface area contributed by atoms with E-state index in [2.05, 4.69) is 32.9 Å². The van der Waals surface area contributed by atoms with E-state index < -0.39 is 0 Å². The van der Waals surface area contributed by atoms with Gasteiger partial charge in [0.2, 0.25) is 0 Å². The van der Waals surface area contributed by atoms with Crippen molar-refractivity contribution in [1.82, 2.24) is 0 Å². The number of aryl methyl sites for hydroxylation is 1. The zero-order chi connectivity index (χ0) is 10.1. The van der Waals surface area contributed by atoms with E-state index in [9.17, 15) is 0 Å². The van der Waals surface area contributed by atoms with Crippen molar-refractivity contribution in [2.24, 2.45) is 0 Å². The van der Waals surface area contributed by atoms with Crippen molar-refractivity contribution < 1.29 is 0 Å². The maximum atomic E-state index is 2.35. The monoisotopic (exact) mass is 188 g/mol. The molecule has 0 radical (unpaired) electrons. The van der Waals surface area contributed by atoms with Gasteiger partial charge in [-0.15, -0.1) is 0 Å². The molecule has 1 aliphatic rings. The van der Waals surface area contributed by atoms with E-state index in [0.29, 0.717) is 0 Å². The van der Waals surface area contributed by atoms with E-state index >= 15 is 0 Å². The lowest BCUT2D eigenvalue weighted by Gasteiger charge is -2.16. The highest BCUT2D eigenvalue weighted by Gasteiger charge is 2.19. The molecule has 0 amide bonds. The molecule has 0 saturated heterocycles. The Morgan fingerprint density at radius 1 is 0.929 bits per heavy atom. The van der Waals surface area contributed by atoms with Gasteiger partial charge in [-0.1, -0.05) is 25.0 Å². The third-order valence-corrected chi connectivity index (χ3v) is 3.89. The van der Waals surface area contributed by atoms with Crippen LogP contribution in [-0.2, 0) is 0 Å². The van der Waals surface area contributed by atoms with Gasteiger partial charge in [0.25, 0.3) is 0 Å². The van der Waals surface area contributed by atoms with Crippen molar-refractivity contribution in [3.05, 3.63) is 34.4 Å². The van der Waals surface area contributed by atoms with Crippen LogP contribution < -0.4 is 0 Å². The van der Waals surface area contributed by atoms with Crippen LogP contribution in [0.1, 0.15) is 53.9 Å². The Bertz CT molecular complexity index is 330. The smallest absolute Gasteiger partial charge is 0.0159 e. The van der Waals surface area contributed by atoms with Gasteiger partial charge < -0.3 is 0 Å². The van der Waals surface area contributed by atoms with E-state index in [1.165, 1.54) is 42.4 Å². The van der Waals surface area contributed by atoms with Gasteiger partial charge in [0, 0.05) is 0 Å². The van der Waals surface area contributed by atoms with Gasteiger partial charge in [0.15, 0.2) is 0 Å². The topological polar surface area (TPSA) is 0 Å². The lowest BCUT2D eigenvalue weighted by Crippen LogP contribution is -1.99. The summed E-state index contributed by atoms with van der Waals surface area (Å²) in [5, 5.41) is 0. The number of hydrogen-bond acceptors (Lipinski definition) is 0. The fraction of sp³-hybridized carbons (Fsp3) is 0.571. The summed E-state index contributed by atoms with van der Waals surface area (Å²) in [6, 6.07) is 4.64. The fourth-order valence-electron chi connectivity index (χ4n) is 2.66. The fourth-order valence-corrected chi connectivity index (χ4v) is 2.66. The molecule has 2 rings (SSSR count). The van der Waals surface area contributed by atoms with Gasteiger partial charge in [-0.25, -0.2) is 0 Å². The van der Waals surface area contributed by atoms with Gasteiger partial charge in [0.1, 0.15) is 0 Å². The molecule has 1 saturated carbocycles. The largest absolute Gasteiger partial charge is 0.0588 e. The van der Waals surface area contributed by atoms with Crippen molar-refractivity contribution in [1.29, 1.82) is 0 Å². The molecule has 76 valence electrons. The summed E-state index contributed by atoms with van der Waals surface area (Å²) >= 11 is 0. The van der Waals surface area contributed by atoms with Crippen LogP contribution in [0.3, 0.4) is 0 Å². The van der Waals surface area contributed by atoms with Crippen LogP contribution in [-0.4, -0.2) is 0 Å². The molecule has 1 aliphatic carbocycles. The van der Waals surface area contributed by atoms with Crippen LogP contribution in [0.4, 0.5) is 0 Å². The Hall–Kier alpha value is -0.780. The van der Waals surface area contributed by atoms with Gasteiger partial charge in [-0.2, -0.15) is 0 Å². The quantitative estimate of drug-likeness (QED) is 0.617. The second-order valence-corrected chi connectivity index (χ2v) is 4.70. The second kappa shape index (κ2) is 3.76. The number of benzene rings is 1. The molecule has 0 heterocycles. The molecule has 0 nitrogen and oxygen atoms in total. The maximum Gasteiger partial charge on any atom is -0.0159 e. The molecule has 1 aromatic carbocycles. The van der Waals surface area contributed by atoms with E-state index in [-0.39, 0.29) is 0 Å². The first kappa shape index (κ1) is 9.76. The van der Waals surface area contributed by atoms with Crippen molar-refractivity contribution in [2.45, 2.75) is 52.4 Å². The molecule has 0 heteroatoms. The molecule has 0 aliphatic heterocycles. The van der Waals surface area contributed by atoms with E-state index in [1.54, 1.807) is 5.56 Å². The summed E-state index contributed by atoms with van der Waals surface area (Å²) < 4.78 is 0. The van der Waals surface area contributed by atoms with Crippen LogP contribution in [0, 0.1) is 20.8 Å². The maximum absolute atomic E-state index is 2.35.